The molecule has 0 radical (unpaired) electrons. The summed E-state index contributed by atoms with van der Waals surface area (Å²) in [5.74, 6) is 1.63. The third-order valence-corrected chi connectivity index (χ3v) is 6.05. The summed E-state index contributed by atoms with van der Waals surface area (Å²) >= 11 is 0. The van der Waals surface area contributed by atoms with Gasteiger partial charge in [-0.15, -0.1) is 0 Å². The number of aliphatic hydroxyl groups is 1. The lowest BCUT2D eigenvalue weighted by molar-refractivity contribution is 0.0431. The van der Waals surface area contributed by atoms with E-state index in [0.717, 1.165) is 55.3 Å². The van der Waals surface area contributed by atoms with Gasteiger partial charge in [0.15, 0.2) is 5.96 Å². The maximum atomic E-state index is 11.1. The van der Waals surface area contributed by atoms with Crippen LogP contribution in [0.15, 0.2) is 53.5 Å². The number of fused-ring (bicyclic) bond motifs is 1. The molecular formula is C23H30N4O2. The lowest BCUT2D eigenvalue weighted by Crippen LogP contribution is -2.48. The Balaban J connectivity index is 1.35. The maximum Gasteiger partial charge on any atom is 0.191 e. The molecule has 0 amide bonds. The molecule has 2 unspecified atom stereocenters. The Hall–Kier alpha value is -2.73. The van der Waals surface area contributed by atoms with E-state index in [0.29, 0.717) is 6.54 Å². The van der Waals surface area contributed by atoms with Crippen LogP contribution in [0.5, 0.6) is 5.75 Å². The van der Waals surface area contributed by atoms with Gasteiger partial charge in [0.25, 0.3) is 0 Å². The number of hydrogen-bond donors (Lipinski definition) is 3. The molecule has 6 heteroatoms. The molecule has 2 aliphatic rings. The number of anilines is 1. The molecular weight excluding hydrogens is 364 g/mol. The highest BCUT2D eigenvalue weighted by atomic mass is 16.5. The van der Waals surface area contributed by atoms with Crippen LogP contribution < -0.4 is 20.3 Å². The van der Waals surface area contributed by atoms with Crippen LogP contribution in [0.1, 0.15) is 24.0 Å². The molecule has 6 nitrogen and oxygen atoms in total. The predicted octanol–water partition coefficient (Wildman–Crippen LogP) is 2.27. The van der Waals surface area contributed by atoms with Crippen molar-refractivity contribution in [3.05, 3.63) is 59.7 Å². The van der Waals surface area contributed by atoms with Crippen molar-refractivity contribution in [3.63, 3.8) is 0 Å². The molecule has 0 bridgehead atoms. The van der Waals surface area contributed by atoms with Gasteiger partial charge in [0.2, 0.25) is 0 Å². The largest absolute Gasteiger partial charge is 0.495 e. The second-order valence-electron chi connectivity index (χ2n) is 7.86. The third-order valence-electron chi connectivity index (χ3n) is 6.05. The van der Waals surface area contributed by atoms with E-state index in [1.165, 1.54) is 5.56 Å². The minimum Gasteiger partial charge on any atom is -0.495 e. The van der Waals surface area contributed by atoms with E-state index < -0.39 is 5.60 Å². The van der Waals surface area contributed by atoms with E-state index in [1.807, 2.05) is 36.4 Å². The van der Waals surface area contributed by atoms with Crippen LogP contribution in [0, 0.1) is 0 Å². The molecule has 1 aliphatic heterocycles. The third kappa shape index (κ3) is 4.03. The van der Waals surface area contributed by atoms with Crippen molar-refractivity contribution < 1.29 is 9.84 Å². The highest BCUT2D eigenvalue weighted by Gasteiger charge is 2.36. The monoisotopic (exact) mass is 394 g/mol. The van der Waals surface area contributed by atoms with Gasteiger partial charge in [-0.1, -0.05) is 36.4 Å². The Kier molecular flexibility index (Phi) is 5.62. The number of rotatable bonds is 5. The minimum atomic E-state index is -0.840. The van der Waals surface area contributed by atoms with Crippen molar-refractivity contribution in [1.82, 2.24) is 10.6 Å². The van der Waals surface area contributed by atoms with Crippen LogP contribution in [-0.4, -0.2) is 50.9 Å². The SMILES string of the molecule is CN=C(NCC1(O)CCc2ccccc21)NC1CCN(c2ccccc2OC)C1. The quantitative estimate of drug-likeness (QED) is 0.536. The van der Waals surface area contributed by atoms with Crippen molar-refractivity contribution >= 4 is 11.6 Å². The van der Waals surface area contributed by atoms with Crippen molar-refractivity contribution in [2.75, 3.05) is 38.7 Å². The number of nitrogens with zero attached hydrogens (tertiary/aromatic N) is 2. The van der Waals surface area contributed by atoms with E-state index in [9.17, 15) is 5.11 Å². The average molecular weight is 395 g/mol. The summed E-state index contributed by atoms with van der Waals surface area (Å²) in [5.41, 5.74) is 2.56. The molecule has 0 aromatic heterocycles. The lowest BCUT2D eigenvalue weighted by Gasteiger charge is -2.27. The van der Waals surface area contributed by atoms with Gasteiger partial charge in [-0.2, -0.15) is 0 Å². The zero-order chi connectivity index (χ0) is 20.3. The molecule has 29 heavy (non-hydrogen) atoms. The topological polar surface area (TPSA) is 69.1 Å². The number of guanidine groups is 1. The van der Waals surface area contributed by atoms with Crippen LogP contribution in [0.4, 0.5) is 5.69 Å². The first-order chi connectivity index (χ1) is 14.1. The van der Waals surface area contributed by atoms with Crippen LogP contribution >= 0.6 is 0 Å². The molecule has 4 rings (SSSR count). The highest BCUT2D eigenvalue weighted by Crippen LogP contribution is 2.36. The van der Waals surface area contributed by atoms with Crippen LogP contribution in [0.25, 0.3) is 0 Å². The van der Waals surface area contributed by atoms with E-state index in [4.69, 9.17) is 4.74 Å². The van der Waals surface area contributed by atoms with Crippen molar-refractivity contribution in [2.45, 2.75) is 30.9 Å². The van der Waals surface area contributed by atoms with Gasteiger partial charge in [0, 0.05) is 26.2 Å². The first-order valence-electron chi connectivity index (χ1n) is 10.3. The summed E-state index contributed by atoms with van der Waals surface area (Å²) in [7, 11) is 3.48. The number of aryl methyl sites for hydroxylation is 1. The molecule has 2 atom stereocenters. The molecule has 2 aromatic rings. The van der Waals surface area contributed by atoms with Gasteiger partial charge < -0.3 is 25.4 Å². The molecule has 1 saturated heterocycles. The molecule has 0 saturated carbocycles. The summed E-state index contributed by atoms with van der Waals surface area (Å²) < 4.78 is 5.50. The van der Waals surface area contributed by atoms with Crippen molar-refractivity contribution in [3.8, 4) is 5.75 Å². The van der Waals surface area contributed by atoms with Crippen LogP contribution in [0.3, 0.4) is 0 Å². The molecule has 0 spiro atoms. The van der Waals surface area contributed by atoms with Gasteiger partial charge in [0.05, 0.1) is 19.3 Å². The summed E-state index contributed by atoms with van der Waals surface area (Å²) in [6.07, 6.45) is 2.67. The van der Waals surface area contributed by atoms with Crippen LogP contribution in [0.2, 0.25) is 0 Å². The Morgan fingerprint density at radius 2 is 2.03 bits per heavy atom. The first kappa shape index (κ1) is 19.6. The van der Waals surface area contributed by atoms with Gasteiger partial charge in [-0.25, -0.2) is 0 Å². The second-order valence-corrected chi connectivity index (χ2v) is 7.86. The second kappa shape index (κ2) is 8.33. The summed E-state index contributed by atoms with van der Waals surface area (Å²) in [5, 5.41) is 18.0. The van der Waals surface area contributed by atoms with Gasteiger partial charge in [-0.3, -0.25) is 4.99 Å². The average Bonchev–Trinajstić information content (AvgIpc) is 3.36. The molecule has 3 N–H and O–H groups in total. The number of hydrogen-bond acceptors (Lipinski definition) is 4. The molecule has 1 aliphatic carbocycles. The summed E-state index contributed by atoms with van der Waals surface area (Å²) in [6.45, 7) is 2.30. The number of ether oxygens (including phenoxy) is 1. The van der Waals surface area contributed by atoms with Crippen molar-refractivity contribution in [2.24, 2.45) is 4.99 Å². The standard InChI is InChI=1S/C23H30N4O2/c1-24-22(25-16-23(28)13-11-17-7-3-4-8-19(17)23)26-18-12-14-27(15-18)20-9-5-6-10-21(20)29-2/h3-10,18,28H,11-16H2,1-2H3,(H2,24,25,26). The zero-order valence-corrected chi connectivity index (χ0v) is 17.2. The normalized spacial score (nSPS) is 23.8. The number of aliphatic imine (C=N–C) groups is 1. The smallest absolute Gasteiger partial charge is 0.191 e. The van der Waals surface area contributed by atoms with Crippen molar-refractivity contribution in [1.29, 1.82) is 0 Å². The van der Waals surface area contributed by atoms with E-state index in [-0.39, 0.29) is 6.04 Å². The molecule has 1 heterocycles. The molecule has 2 aromatic carbocycles. The first-order valence-corrected chi connectivity index (χ1v) is 10.3. The highest BCUT2D eigenvalue weighted by molar-refractivity contribution is 5.80. The summed E-state index contributed by atoms with van der Waals surface area (Å²) in [4.78, 5) is 6.71. The Labute approximate surface area is 172 Å². The molecule has 1 fully saturated rings. The maximum absolute atomic E-state index is 11.1. The van der Waals surface area contributed by atoms with Crippen LogP contribution in [-0.2, 0) is 12.0 Å². The van der Waals surface area contributed by atoms with E-state index in [1.54, 1.807) is 14.2 Å². The van der Waals surface area contributed by atoms with Gasteiger partial charge >= 0.3 is 0 Å². The van der Waals surface area contributed by atoms with Gasteiger partial charge in [0.1, 0.15) is 11.4 Å². The van der Waals surface area contributed by atoms with Gasteiger partial charge in [-0.05, 0) is 42.5 Å². The zero-order valence-electron chi connectivity index (χ0n) is 17.2. The molecule has 154 valence electrons. The fraction of sp³-hybridized carbons (Fsp3) is 0.435. The Morgan fingerprint density at radius 3 is 2.86 bits per heavy atom. The number of nitrogens with one attached hydrogen (secondary N) is 2. The minimum absolute atomic E-state index is 0.289. The fourth-order valence-electron chi connectivity index (χ4n) is 4.46. The Bertz CT molecular complexity index is 885. The van der Waals surface area contributed by atoms with E-state index >= 15 is 0 Å². The summed E-state index contributed by atoms with van der Waals surface area (Å²) in [6, 6.07) is 16.6. The lowest BCUT2D eigenvalue weighted by atomic mass is 9.96. The number of para-hydroxylation sites is 2. The number of methoxy groups -OCH3 is 1. The van der Waals surface area contributed by atoms with E-state index in [2.05, 4.69) is 32.7 Å². The predicted molar refractivity (Wildman–Crippen MR) is 117 cm³/mol. The Morgan fingerprint density at radius 1 is 1.24 bits per heavy atom. The number of benzene rings is 2. The fourth-order valence-corrected chi connectivity index (χ4v) is 4.46.